The molecule has 3 heteroatoms. The number of rotatable bonds is 3. The number of amides is 1. The average molecular weight is 184 g/mol. The molecule has 1 unspecified atom stereocenters. The molecule has 3 nitrogen and oxygen atoms in total. The van der Waals surface area contributed by atoms with Gasteiger partial charge in [0.25, 0.3) is 0 Å². The van der Waals surface area contributed by atoms with Crippen molar-refractivity contribution in [3.05, 3.63) is 0 Å². The van der Waals surface area contributed by atoms with Gasteiger partial charge >= 0.3 is 0 Å². The van der Waals surface area contributed by atoms with Crippen LogP contribution in [0.25, 0.3) is 0 Å². The van der Waals surface area contributed by atoms with Crippen molar-refractivity contribution in [2.24, 2.45) is 11.1 Å². The van der Waals surface area contributed by atoms with Gasteiger partial charge in [0.1, 0.15) is 0 Å². The van der Waals surface area contributed by atoms with Gasteiger partial charge in [0.15, 0.2) is 0 Å². The molecule has 0 aliphatic carbocycles. The summed E-state index contributed by atoms with van der Waals surface area (Å²) in [6, 6.07) is 0.483. The number of carbonyl (C=O) groups is 1. The maximum absolute atomic E-state index is 11.1. The first kappa shape index (κ1) is 10.5. The summed E-state index contributed by atoms with van der Waals surface area (Å²) >= 11 is 0. The Morgan fingerprint density at radius 3 is 2.69 bits per heavy atom. The van der Waals surface area contributed by atoms with E-state index in [1.165, 1.54) is 19.3 Å². The minimum Gasteiger partial charge on any atom is -0.369 e. The first-order chi connectivity index (χ1) is 6.02. The second-order valence-electron chi connectivity index (χ2n) is 4.60. The Balaban J connectivity index is 2.41. The third-order valence-electron chi connectivity index (χ3n) is 2.84. The van der Waals surface area contributed by atoms with Gasteiger partial charge in [0.2, 0.25) is 5.91 Å². The molecular formula is C10H20N2O. The van der Waals surface area contributed by atoms with Crippen molar-refractivity contribution in [3.8, 4) is 0 Å². The van der Waals surface area contributed by atoms with Crippen LogP contribution in [-0.4, -0.2) is 18.5 Å². The molecule has 1 fully saturated rings. The molecule has 0 aromatic rings. The summed E-state index contributed by atoms with van der Waals surface area (Å²) in [6.07, 6.45) is 4.57. The van der Waals surface area contributed by atoms with Crippen LogP contribution < -0.4 is 11.1 Å². The SMILES string of the molecule is CC(C)(CC1CCCCN1)C(N)=O. The Labute approximate surface area is 80.1 Å². The zero-order chi connectivity index (χ0) is 9.90. The molecule has 0 saturated carbocycles. The maximum atomic E-state index is 11.1. The van der Waals surface area contributed by atoms with Gasteiger partial charge < -0.3 is 11.1 Å². The van der Waals surface area contributed by atoms with Gasteiger partial charge in [-0.25, -0.2) is 0 Å². The third-order valence-corrected chi connectivity index (χ3v) is 2.84. The molecule has 1 aliphatic heterocycles. The Kier molecular flexibility index (Phi) is 3.31. The van der Waals surface area contributed by atoms with Crippen molar-refractivity contribution in [3.63, 3.8) is 0 Å². The highest BCUT2D eigenvalue weighted by atomic mass is 16.1. The molecule has 1 aliphatic rings. The fourth-order valence-corrected chi connectivity index (χ4v) is 1.81. The maximum Gasteiger partial charge on any atom is 0.223 e. The number of nitrogens with two attached hydrogens (primary N) is 1. The second-order valence-corrected chi connectivity index (χ2v) is 4.60. The molecule has 1 heterocycles. The van der Waals surface area contributed by atoms with Crippen molar-refractivity contribution in [2.75, 3.05) is 6.54 Å². The van der Waals surface area contributed by atoms with Crippen molar-refractivity contribution < 1.29 is 4.79 Å². The summed E-state index contributed by atoms with van der Waals surface area (Å²) in [5.41, 5.74) is 4.95. The Hall–Kier alpha value is -0.570. The van der Waals surface area contributed by atoms with E-state index in [0.717, 1.165) is 13.0 Å². The van der Waals surface area contributed by atoms with E-state index < -0.39 is 0 Å². The number of carbonyl (C=O) groups excluding carboxylic acids is 1. The van der Waals surface area contributed by atoms with Crippen LogP contribution in [0.5, 0.6) is 0 Å². The molecule has 3 N–H and O–H groups in total. The zero-order valence-corrected chi connectivity index (χ0v) is 8.60. The minimum atomic E-state index is -0.366. The van der Waals surface area contributed by atoms with E-state index in [1.807, 2.05) is 13.8 Å². The molecule has 0 aromatic carbocycles. The summed E-state index contributed by atoms with van der Waals surface area (Å²) < 4.78 is 0. The molecule has 1 rings (SSSR count). The van der Waals surface area contributed by atoms with Gasteiger partial charge in [0, 0.05) is 11.5 Å². The Morgan fingerprint density at radius 2 is 2.23 bits per heavy atom. The van der Waals surface area contributed by atoms with Crippen LogP contribution in [-0.2, 0) is 4.79 Å². The van der Waals surface area contributed by atoms with Crippen LogP contribution >= 0.6 is 0 Å². The number of nitrogens with one attached hydrogen (secondary N) is 1. The Bertz CT molecular complexity index is 183. The molecule has 0 radical (unpaired) electrons. The third kappa shape index (κ3) is 2.99. The highest BCUT2D eigenvalue weighted by Gasteiger charge is 2.29. The van der Waals surface area contributed by atoms with Gasteiger partial charge in [-0.15, -0.1) is 0 Å². The van der Waals surface area contributed by atoms with Crippen molar-refractivity contribution >= 4 is 5.91 Å². The molecular weight excluding hydrogens is 164 g/mol. The molecule has 1 saturated heterocycles. The standard InChI is InChI=1S/C10H20N2O/c1-10(2,9(11)13)7-8-5-3-4-6-12-8/h8,12H,3-7H2,1-2H3,(H2,11,13). The molecule has 0 aromatic heterocycles. The normalized spacial score (nSPS) is 24.3. The highest BCUT2D eigenvalue weighted by Crippen LogP contribution is 2.25. The van der Waals surface area contributed by atoms with Crippen molar-refractivity contribution in [1.29, 1.82) is 0 Å². The minimum absolute atomic E-state index is 0.195. The van der Waals surface area contributed by atoms with E-state index in [9.17, 15) is 4.79 Å². The zero-order valence-electron chi connectivity index (χ0n) is 8.60. The largest absolute Gasteiger partial charge is 0.369 e. The first-order valence-electron chi connectivity index (χ1n) is 5.06. The summed E-state index contributed by atoms with van der Waals surface area (Å²) in [7, 11) is 0. The van der Waals surface area contributed by atoms with E-state index in [1.54, 1.807) is 0 Å². The summed E-state index contributed by atoms with van der Waals surface area (Å²) in [5, 5.41) is 3.42. The summed E-state index contributed by atoms with van der Waals surface area (Å²) in [4.78, 5) is 11.1. The van der Waals surface area contributed by atoms with Crippen LogP contribution in [0, 0.1) is 5.41 Å². The lowest BCUT2D eigenvalue weighted by Crippen LogP contribution is -2.42. The summed E-state index contributed by atoms with van der Waals surface area (Å²) in [6.45, 7) is 4.93. The highest BCUT2D eigenvalue weighted by molar-refractivity contribution is 5.79. The van der Waals surface area contributed by atoms with Gasteiger partial charge in [-0.2, -0.15) is 0 Å². The average Bonchev–Trinajstić information content (AvgIpc) is 2.05. The van der Waals surface area contributed by atoms with Gasteiger partial charge in [-0.05, 0) is 25.8 Å². The number of primary amides is 1. The van der Waals surface area contributed by atoms with E-state index in [2.05, 4.69) is 5.32 Å². The van der Waals surface area contributed by atoms with Crippen LogP contribution in [0.3, 0.4) is 0 Å². The lowest BCUT2D eigenvalue weighted by molar-refractivity contribution is -0.126. The van der Waals surface area contributed by atoms with Crippen LogP contribution in [0.1, 0.15) is 39.5 Å². The molecule has 0 bridgehead atoms. The van der Waals surface area contributed by atoms with Gasteiger partial charge in [-0.3, -0.25) is 4.79 Å². The summed E-state index contributed by atoms with van der Waals surface area (Å²) in [5.74, 6) is -0.195. The van der Waals surface area contributed by atoms with E-state index in [-0.39, 0.29) is 11.3 Å². The fourth-order valence-electron chi connectivity index (χ4n) is 1.81. The van der Waals surface area contributed by atoms with Crippen LogP contribution in [0.15, 0.2) is 0 Å². The predicted molar refractivity (Wildman–Crippen MR) is 53.2 cm³/mol. The predicted octanol–water partition coefficient (Wildman–Crippen LogP) is 1.03. The van der Waals surface area contributed by atoms with E-state index in [0.29, 0.717) is 6.04 Å². The molecule has 76 valence electrons. The first-order valence-corrected chi connectivity index (χ1v) is 5.06. The van der Waals surface area contributed by atoms with Crippen LogP contribution in [0.2, 0.25) is 0 Å². The molecule has 13 heavy (non-hydrogen) atoms. The van der Waals surface area contributed by atoms with Gasteiger partial charge in [0.05, 0.1) is 0 Å². The number of hydrogen-bond acceptors (Lipinski definition) is 2. The van der Waals surface area contributed by atoms with Crippen molar-refractivity contribution in [1.82, 2.24) is 5.32 Å². The topological polar surface area (TPSA) is 55.1 Å². The quantitative estimate of drug-likeness (QED) is 0.688. The lowest BCUT2D eigenvalue weighted by atomic mass is 9.83. The smallest absolute Gasteiger partial charge is 0.223 e. The fraction of sp³-hybridized carbons (Fsp3) is 0.900. The molecule has 0 spiro atoms. The van der Waals surface area contributed by atoms with E-state index >= 15 is 0 Å². The monoisotopic (exact) mass is 184 g/mol. The number of hydrogen-bond donors (Lipinski definition) is 2. The number of piperidine rings is 1. The van der Waals surface area contributed by atoms with Crippen LogP contribution in [0.4, 0.5) is 0 Å². The second kappa shape index (κ2) is 4.09. The van der Waals surface area contributed by atoms with Crippen molar-refractivity contribution in [2.45, 2.75) is 45.6 Å². The molecule has 1 amide bonds. The lowest BCUT2D eigenvalue weighted by Gasteiger charge is -2.30. The van der Waals surface area contributed by atoms with E-state index in [4.69, 9.17) is 5.73 Å². The van der Waals surface area contributed by atoms with Gasteiger partial charge in [-0.1, -0.05) is 20.3 Å². The molecule has 1 atom stereocenters. The Morgan fingerprint density at radius 1 is 1.54 bits per heavy atom.